The van der Waals surface area contributed by atoms with Crippen LogP contribution in [0, 0.1) is 5.41 Å². The van der Waals surface area contributed by atoms with Crippen LogP contribution in [0.3, 0.4) is 0 Å². The molecule has 0 saturated heterocycles. The van der Waals surface area contributed by atoms with Crippen LogP contribution in [-0.4, -0.2) is 38.5 Å². The Labute approximate surface area is 118 Å². The molecule has 112 valence electrons. The number of rotatable bonds is 8. The lowest BCUT2D eigenvalue weighted by Crippen LogP contribution is -2.64. The third-order valence-electron chi connectivity index (χ3n) is 5.13. The zero-order valence-electron chi connectivity index (χ0n) is 12.9. The second kappa shape index (κ2) is 7.05. The largest absolute Gasteiger partial charge is 0.383 e. The van der Waals surface area contributed by atoms with Gasteiger partial charge in [-0.3, -0.25) is 0 Å². The highest BCUT2D eigenvalue weighted by atomic mass is 16.5. The van der Waals surface area contributed by atoms with E-state index in [1.807, 2.05) is 0 Å². The maximum absolute atomic E-state index is 5.98. The summed E-state index contributed by atoms with van der Waals surface area (Å²) in [6.07, 6.45) is 9.58. The van der Waals surface area contributed by atoms with Gasteiger partial charge in [0, 0.05) is 31.2 Å². The Morgan fingerprint density at radius 1 is 1.26 bits per heavy atom. The second-order valence-electron chi connectivity index (χ2n) is 6.28. The highest BCUT2D eigenvalue weighted by Crippen LogP contribution is 2.54. The van der Waals surface area contributed by atoms with E-state index in [4.69, 9.17) is 9.47 Å². The zero-order valence-corrected chi connectivity index (χ0v) is 12.9. The number of hydrogen-bond acceptors (Lipinski definition) is 3. The third-order valence-corrected chi connectivity index (χ3v) is 5.13. The van der Waals surface area contributed by atoms with Crippen LogP contribution in [0.4, 0.5) is 0 Å². The van der Waals surface area contributed by atoms with Gasteiger partial charge in [-0.15, -0.1) is 0 Å². The summed E-state index contributed by atoms with van der Waals surface area (Å²) in [4.78, 5) is 0. The Balaban J connectivity index is 1.92. The van der Waals surface area contributed by atoms with Crippen molar-refractivity contribution in [1.29, 1.82) is 0 Å². The average molecular weight is 269 g/mol. The number of ether oxygens (including phenoxy) is 2. The van der Waals surface area contributed by atoms with Gasteiger partial charge in [0.2, 0.25) is 0 Å². The predicted octanol–water partition coefficient (Wildman–Crippen LogP) is 3.13. The van der Waals surface area contributed by atoms with Gasteiger partial charge in [-0.1, -0.05) is 26.2 Å². The molecule has 0 aromatic rings. The van der Waals surface area contributed by atoms with Gasteiger partial charge in [0.1, 0.15) is 0 Å². The van der Waals surface area contributed by atoms with Gasteiger partial charge < -0.3 is 14.8 Å². The predicted molar refractivity (Wildman–Crippen MR) is 78.4 cm³/mol. The van der Waals surface area contributed by atoms with Gasteiger partial charge in [0.15, 0.2) is 0 Å². The van der Waals surface area contributed by atoms with Crippen molar-refractivity contribution in [1.82, 2.24) is 5.32 Å². The summed E-state index contributed by atoms with van der Waals surface area (Å²) in [5.74, 6) is 0. The lowest BCUT2D eigenvalue weighted by atomic mass is 9.60. The quantitative estimate of drug-likeness (QED) is 0.734. The van der Waals surface area contributed by atoms with Crippen molar-refractivity contribution in [2.45, 2.75) is 77.0 Å². The molecule has 0 radical (unpaired) electrons. The molecule has 2 rings (SSSR count). The Morgan fingerprint density at radius 3 is 2.58 bits per heavy atom. The monoisotopic (exact) mass is 269 g/mol. The summed E-state index contributed by atoms with van der Waals surface area (Å²) in [5.41, 5.74) is 0.440. The average Bonchev–Trinajstić information content (AvgIpc) is 2.90. The molecular weight excluding hydrogens is 238 g/mol. The maximum atomic E-state index is 5.98. The molecule has 2 aliphatic carbocycles. The van der Waals surface area contributed by atoms with Gasteiger partial charge >= 0.3 is 0 Å². The Bertz CT molecular complexity index is 257. The topological polar surface area (TPSA) is 30.5 Å². The SMILES string of the molecule is CCCC(COC)NC1CC(OCC)C12CCCC2. The molecule has 3 heteroatoms. The van der Waals surface area contributed by atoms with Crippen LogP contribution in [0.2, 0.25) is 0 Å². The van der Waals surface area contributed by atoms with E-state index in [1.165, 1.54) is 44.9 Å². The van der Waals surface area contributed by atoms with Gasteiger partial charge in [-0.05, 0) is 32.6 Å². The number of nitrogens with one attached hydrogen (secondary N) is 1. The van der Waals surface area contributed by atoms with E-state index in [9.17, 15) is 0 Å². The summed E-state index contributed by atoms with van der Waals surface area (Å²) < 4.78 is 11.3. The van der Waals surface area contributed by atoms with Gasteiger partial charge in [0.05, 0.1) is 12.7 Å². The molecule has 2 aliphatic rings. The Kier molecular flexibility index (Phi) is 5.67. The summed E-state index contributed by atoms with van der Waals surface area (Å²) >= 11 is 0. The first-order valence-electron chi connectivity index (χ1n) is 8.13. The molecule has 0 aromatic carbocycles. The molecule has 3 nitrogen and oxygen atoms in total. The Hall–Kier alpha value is -0.120. The van der Waals surface area contributed by atoms with Crippen molar-refractivity contribution < 1.29 is 9.47 Å². The van der Waals surface area contributed by atoms with Crippen molar-refractivity contribution >= 4 is 0 Å². The third kappa shape index (κ3) is 3.14. The molecule has 0 bridgehead atoms. The summed E-state index contributed by atoms with van der Waals surface area (Å²) in [5, 5.41) is 3.87. The normalized spacial score (nSPS) is 30.5. The van der Waals surface area contributed by atoms with E-state index in [0.717, 1.165) is 13.2 Å². The van der Waals surface area contributed by atoms with Crippen molar-refractivity contribution in [3.8, 4) is 0 Å². The molecular formula is C16H31NO2. The fourth-order valence-corrected chi connectivity index (χ4v) is 4.17. The molecule has 0 aliphatic heterocycles. The fraction of sp³-hybridized carbons (Fsp3) is 1.00. The molecule has 3 unspecified atom stereocenters. The van der Waals surface area contributed by atoms with Gasteiger partial charge in [0.25, 0.3) is 0 Å². The lowest BCUT2D eigenvalue weighted by molar-refractivity contribution is -0.134. The van der Waals surface area contributed by atoms with Crippen LogP contribution in [-0.2, 0) is 9.47 Å². The minimum absolute atomic E-state index is 0.440. The van der Waals surface area contributed by atoms with Crippen molar-refractivity contribution in [3.63, 3.8) is 0 Å². The highest BCUT2D eigenvalue weighted by Gasteiger charge is 2.56. The fourth-order valence-electron chi connectivity index (χ4n) is 4.17. The first kappa shape index (κ1) is 15.3. The van der Waals surface area contributed by atoms with Crippen LogP contribution in [0.1, 0.15) is 58.8 Å². The minimum Gasteiger partial charge on any atom is -0.383 e. The van der Waals surface area contributed by atoms with Crippen molar-refractivity contribution in [3.05, 3.63) is 0 Å². The molecule has 2 saturated carbocycles. The smallest absolute Gasteiger partial charge is 0.0661 e. The van der Waals surface area contributed by atoms with E-state index in [1.54, 1.807) is 7.11 Å². The van der Waals surface area contributed by atoms with Crippen LogP contribution in [0.15, 0.2) is 0 Å². The number of methoxy groups -OCH3 is 1. The molecule has 0 aromatic heterocycles. The van der Waals surface area contributed by atoms with Crippen molar-refractivity contribution in [2.75, 3.05) is 20.3 Å². The van der Waals surface area contributed by atoms with Gasteiger partial charge in [-0.2, -0.15) is 0 Å². The maximum Gasteiger partial charge on any atom is 0.0661 e. The summed E-state index contributed by atoms with van der Waals surface area (Å²) in [7, 11) is 1.81. The summed E-state index contributed by atoms with van der Waals surface area (Å²) in [6, 6.07) is 1.17. The zero-order chi connectivity index (χ0) is 13.7. The molecule has 0 heterocycles. The molecule has 1 N–H and O–H groups in total. The van der Waals surface area contributed by atoms with Crippen LogP contribution in [0.5, 0.6) is 0 Å². The highest BCUT2D eigenvalue weighted by molar-refractivity contribution is 5.10. The molecule has 2 fully saturated rings. The second-order valence-corrected chi connectivity index (χ2v) is 6.28. The van der Waals surface area contributed by atoms with E-state index in [-0.39, 0.29) is 0 Å². The first-order valence-corrected chi connectivity index (χ1v) is 8.13. The van der Waals surface area contributed by atoms with Crippen LogP contribution < -0.4 is 5.32 Å². The van der Waals surface area contributed by atoms with E-state index in [2.05, 4.69) is 19.2 Å². The molecule has 0 amide bonds. The molecule has 3 atom stereocenters. The van der Waals surface area contributed by atoms with E-state index < -0.39 is 0 Å². The Morgan fingerprint density at radius 2 is 2.00 bits per heavy atom. The summed E-state index contributed by atoms with van der Waals surface area (Å²) in [6.45, 7) is 6.06. The van der Waals surface area contributed by atoms with Crippen LogP contribution >= 0.6 is 0 Å². The lowest BCUT2D eigenvalue weighted by Gasteiger charge is -2.55. The molecule has 1 spiro atoms. The first-order chi connectivity index (χ1) is 9.26. The van der Waals surface area contributed by atoms with Gasteiger partial charge in [-0.25, -0.2) is 0 Å². The van der Waals surface area contributed by atoms with E-state index in [0.29, 0.717) is 23.6 Å². The minimum atomic E-state index is 0.440. The molecule has 19 heavy (non-hydrogen) atoms. The van der Waals surface area contributed by atoms with E-state index >= 15 is 0 Å². The van der Waals surface area contributed by atoms with Crippen molar-refractivity contribution in [2.24, 2.45) is 5.41 Å². The standard InChI is InChI=1S/C16H31NO2/c1-4-8-13(12-18-3)17-14-11-15(19-5-2)16(14)9-6-7-10-16/h13-15,17H,4-12H2,1-3H3. The van der Waals surface area contributed by atoms with Crippen LogP contribution in [0.25, 0.3) is 0 Å². The number of hydrogen-bond donors (Lipinski definition) is 1.